The van der Waals surface area contributed by atoms with Gasteiger partial charge in [0, 0.05) is 39.4 Å². The number of nitrogens with zero attached hydrogens (tertiary/aromatic N) is 1. The number of ketones is 1. The lowest BCUT2D eigenvalue weighted by atomic mass is 9.67. The molecule has 1 atom stereocenters. The highest BCUT2D eigenvalue weighted by Crippen LogP contribution is 2.53. The number of anilines is 1. The van der Waals surface area contributed by atoms with E-state index in [2.05, 4.69) is 13.8 Å². The fourth-order valence-corrected chi connectivity index (χ4v) is 5.97. The number of benzene rings is 3. The number of methoxy groups -OCH3 is 1. The summed E-state index contributed by atoms with van der Waals surface area (Å²) >= 11 is 6.56. The molecule has 0 amide bonds. The Balaban J connectivity index is 1.90. The number of aliphatic hydroxyl groups is 1. The maximum absolute atomic E-state index is 14.1. The first-order chi connectivity index (χ1) is 18.5. The number of halogens is 1. The summed E-state index contributed by atoms with van der Waals surface area (Å²) in [6.45, 7) is 8.05. The highest BCUT2D eigenvalue weighted by molar-refractivity contribution is 6.32. The van der Waals surface area contributed by atoms with Crippen LogP contribution < -0.4 is 9.64 Å². The van der Waals surface area contributed by atoms with Crippen molar-refractivity contribution in [1.29, 1.82) is 5.41 Å². The lowest BCUT2D eigenvalue weighted by molar-refractivity contribution is -0.118. The molecule has 1 unspecified atom stereocenters. The molecule has 2 N–H and O–H groups in total. The minimum Gasteiger partial charge on any atom is -0.507 e. The van der Waals surface area contributed by atoms with Crippen LogP contribution in [-0.2, 0) is 4.79 Å². The Morgan fingerprint density at radius 1 is 1.03 bits per heavy atom. The van der Waals surface area contributed by atoms with Gasteiger partial charge < -0.3 is 9.84 Å². The van der Waals surface area contributed by atoms with E-state index in [4.69, 9.17) is 16.3 Å². The molecule has 5 nitrogen and oxygen atoms in total. The van der Waals surface area contributed by atoms with Crippen molar-refractivity contribution in [3.8, 4) is 5.75 Å². The van der Waals surface area contributed by atoms with E-state index >= 15 is 0 Å². The predicted octanol–water partition coefficient (Wildman–Crippen LogP) is 8.16. The normalized spacial score (nSPS) is 20.2. The van der Waals surface area contributed by atoms with Crippen LogP contribution in [0, 0.1) is 24.7 Å². The Hall–Kier alpha value is -3.83. The molecule has 5 rings (SSSR count). The second-order valence-corrected chi connectivity index (χ2v) is 11.6. The summed E-state index contributed by atoms with van der Waals surface area (Å²) < 4.78 is 5.75. The molecule has 2 aliphatic rings. The van der Waals surface area contributed by atoms with E-state index < -0.39 is 5.92 Å². The Labute approximate surface area is 234 Å². The van der Waals surface area contributed by atoms with Gasteiger partial charge in [-0.2, -0.15) is 0 Å². The zero-order valence-corrected chi connectivity index (χ0v) is 23.7. The van der Waals surface area contributed by atoms with Crippen LogP contribution in [0.4, 0.5) is 5.69 Å². The number of hydrogen-bond donors (Lipinski definition) is 2. The van der Waals surface area contributed by atoms with Crippen LogP contribution >= 0.6 is 11.6 Å². The van der Waals surface area contributed by atoms with Crippen molar-refractivity contribution >= 4 is 34.7 Å². The maximum Gasteiger partial charge on any atom is 0.162 e. The lowest BCUT2D eigenvalue weighted by Crippen LogP contribution is -2.45. The van der Waals surface area contributed by atoms with Crippen molar-refractivity contribution in [1.82, 2.24) is 0 Å². The van der Waals surface area contributed by atoms with E-state index in [0.29, 0.717) is 40.3 Å². The summed E-state index contributed by atoms with van der Waals surface area (Å²) in [6.07, 6.45) is 0.957. The highest BCUT2D eigenvalue weighted by Gasteiger charge is 2.47. The molecular weight excluding hydrogens is 508 g/mol. The molecule has 3 aromatic carbocycles. The van der Waals surface area contributed by atoms with E-state index in [1.54, 1.807) is 7.11 Å². The first-order valence-corrected chi connectivity index (χ1v) is 13.5. The minimum absolute atomic E-state index is 0.00328. The zero-order valence-electron chi connectivity index (χ0n) is 22.9. The van der Waals surface area contributed by atoms with Gasteiger partial charge in [0.1, 0.15) is 17.3 Å². The number of hydrogen-bond acceptors (Lipinski definition) is 4. The van der Waals surface area contributed by atoms with Crippen molar-refractivity contribution < 1.29 is 14.6 Å². The molecule has 6 heteroatoms. The maximum atomic E-state index is 14.1. The number of rotatable bonds is 4. The van der Waals surface area contributed by atoms with Crippen LogP contribution in [0.1, 0.15) is 54.9 Å². The Morgan fingerprint density at radius 3 is 2.41 bits per heavy atom. The summed E-state index contributed by atoms with van der Waals surface area (Å²) in [5.74, 6) is -0.00224. The third kappa shape index (κ3) is 4.65. The topological polar surface area (TPSA) is 73.6 Å². The lowest BCUT2D eigenvalue weighted by Gasteiger charge is -2.45. The molecule has 0 bridgehead atoms. The fourth-order valence-electron chi connectivity index (χ4n) is 5.80. The summed E-state index contributed by atoms with van der Waals surface area (Å²) in [5, 5.41) is 22.1. The van der Waals surface area contributed by atoms with Crippen molar-refractivity contribution in [2.75, 3.05) is 12.0 Å². The van der Waals surface area contributed by atoms with Crippen molar-refractivity contribution in [2.45, 2.75) is 46.5 Å². The second kappa shape index (κ2) is 10.0. The number of amidine groups is 1. The van der Waals surface area contributed by atoms with Gasteiger partial charge >= 0.3 is 0 Å². The first-order valence-electron chi connectivity index (χ1n) is 13.1. The molecule has 0 saturated carbocycles. The molecule has 1 aliphatic heterocycles. The number of allylic oxidation sites excluding steroid dienone is 2. The van der Waals surface area contributed by atoms with Crippen molar-refractivity contribution in [3.63, 3.8) is 0 Å². The molecule has 1 aliphatic carbocycles. The van der Waals surface area contributed by atoms with Crippen LogP contribution in [0.2, 0.25) is 5.02 Å². The van der Waals surface area contributed by atoms with Crippen LogP contribution in [0.3, 0.4) is 0 Å². The largest absolute Gasteiger partial charge is 0.507 e. The minimum atomic E-state index is -0.677. The number of carbonyl (C=O) groups is 1. The monoisotopic (exact) mass is 540 g/mol. The van der Waals surface area contributed by atoms with Gasteiger partial charge in [0.15, 0.2) is 5.78 Å². The number of para-hydroxylation sites is 1. The van der Waals surface area contributed by atoms with Gasteiger partial charge in [-0.1, -0.05) is 79.5 Å². The van der Waals surface area contributed by atoms with Crippen LogP contribution in [-0.4, -0.2) is 23.8 Å². The standard InChI is InChI=1S/C33H33ClN2O3/c1-19-13-15-21(16-14-19)31(38)30-28(22-9-6-7-12-27(22)39-5)29-25(17-33(3,4)18-26(29)37)36(32(30)35)24-11-8-10-23(34)20(24)2/h6-16,28,35,38H,17-18H2,1-5H3/b31-30+,35-32?. The van der Waals surface area contributed by atoms with Gasteiger partial charge in [-0.15, -0.1) is 0 Å². The third-order valence-electron chi connectivity index (χ3n) is 7.73. The number of Topliss-reactive ketones (excluding diaryl/α,β-unsaturated/α-hetero) is 1. The molecule has 0 radical (unpaired) electrons. The smallest absolute Gasteiger partial charge is 0.162 e. The van der Waals surface area contributed by atoms with E-state index in [-0.39, 0.29) is 22.8 Å². The fraction of sp³-hybridized carbons (Fsp3) is 0.273. The van der Waals surface area contributed by atoms with E-state index in [1.165, 1.54) is 0 Å². The van der Waals surface area contributed by atoms with Gasteiger partial charge in [-0.05, 0) is 49.4 Å². The third-order valence-corrected chi connectivity index (χ3v) is 8.14. The first kappa shape index (κ1) is 26.8. The predicted molar refractivity (Wildman–Crippen MR) is 158 cm³/mol. The Kier molecular flexibility index (Phi) is 6.90. The molecule has 0 fully saturated rings. The van der Waals surface area contributed by atoms with Gasteiger partial charge in [0.2, 0.25) is 0 Å². The number of aryl methyl sites for hydroxylation is 1. The molecule has 0 saturated heterocycles. The van der Waals surface area contributed by atoms with Gasteiger partial charge in [-0.25, -0.2) is 0 Å². The molecular formula is C33H33ClN2O3. The number of nitrogens with one attached hydrogen (secondary N) is 1. The summed E-state index contributed by atoms with van der Waals surface area (Å²) in [7, 11) is 1.60. The van der Waals surface area contributed by atoms with Crippen LogP contribution in [0.25, 0.3) is 5.76 Å². The summed E-state index contributed by atoms with van der Waals surface area (Å²) in [5.41, 5.74) is 5.31. The molecule has 3 aromatic rings. The van der Waals surface area contributed by atoms with E-state index in [0.717, 1.165) is 28.1 Å². The molecule has 0 spiro atoms. The van der Waals surface area contributed by atoms with Crippen LogP contribution in [0.15, 0.2) is 83.6 Å². The van der Waals surface area contributed by atoms with Gasteiger partial charge in [0.05, 0.1) is 18.7 Å². The van der Waals surface area contributed by atoms with Gasteiger partial charge in [0.25, 0.3) is 0 Å². The van der Waals surface area contributed by atoms with E-state index in [1.807, 2.05) is 85.5 Å². The Morgan fingerprint density at radius 2 is 1.72 bits per heavy atom. The second-order valence-electron chi connectivity index (χ2n) is 11.2. The number of ether oxygens (including phenoxy) is 1. The molecule has 200 valence electrons. The summed E-state index contributed by atoms with van der Waals surface area (Å²) in [6, 6.07) is 20.7. The Bertz CT molecular complexity index is 1550. The van der Waals surface area contributed by atoms with Crippen molar-refractivity contribution in [2.24, 2.45) is 5.41 Å². The average Bonchev–Trinajstić information content (AvgIpc) is 2.89. The number of aliphatic hydroxyl groups excluding tert-OH is 1. The van der Waals surface area contributed by atoms with Crippen LogP contribution in [0.5, 0.6) is 5.75 Å². The molecule has 39 heavy (non-hydrogen) atoms. The van der Waals surface area contributed by atoms with E-state index in [9.17, 15) is 15.3 Å². The average molecular weight is 541 g/mol. The SMILES string of the molecule is COc1ccccc1C1C2=C(CC(C)(C)CC2=O)N(c2cccc(Cl)c2C)C(=N)/C1=C(/O)c1ccc(C)cc1. The molecule has 1 heterocycles. The quantitative estimate of drug-likeness (QED) is 0.327. The zero-order chi connectivity index (χ0) is 28.1. The molecule has 0 aromatic heterocycles. The van der Waals surface area contributed by atoms with Crippen molar-refractivity contribution in [3.05, 3.63) is 111 Å². The summed E-state index contributed by atoms with van der Waals surface area (Å²) in [4.78, 5) is 15.9. The van der Waals surface area contributed by atoms with Gasteiger partial charge in [-0.3, -0.25) is 15.1 Å². The highest BCUT2D eigenvalue weighted by atomic mass is 35.5. The number of carbonyl (C=O) groups excluding carboxylic acids is 1.